The van der Waals surface area contributed by atoms with Crippen molar-refractivity contribution in [1.29, 1.82) is 0 Å². The number of urea groups is 2. The van der Waals surface area contributed by atoms with Crippen molar-refractivity contribution in [3.63, 3.8) is 0 Å². The second kappa shape index (κ2) is 14.4. The summed E-state index contributed by atoms with van der Waals surface area (Å²) in [6.45, 7) is 5.20. The molecule has 0 spiro atoms. The number of carbonyl (C=O) groups excluding carboxylic acids is 2. The molecule has 0 aliphatic carbocycles. The van der Waals surface area contributed by atoms with Gasteiger partial charge < -0.3 is 31.1 Å². The van der Waals surface area contributed by atoms with Crippen LogP contribution < -0.4 is 16.0 Å². The number of nitrogens with one attached hydrogen (secondary N) is 3. The summed E-state index contributed by atoms with van der Waals surface area (Å²) in [5.74, 6) is 0. The molecular formula is C16H20Cl8N4O4. The van der Waals surface area contributed by atoms with Crippen LogP contribution in [0, 0.1) is 0 Å². The zero-order valence-corrected chi connectivity index (χ0v) is 22.5. The maximum atomic E-state index is 11.7. The van der Waals surface area contributed by atoms with Crippen molar-refractivity contribution in [3.8, 4) is 0 Å². The number of aliphatic hydroxyl groups excluding tert-OH is 2. The number of aliphatic hydroxyl groups is 2. The first-order valence-electron chi connectivity index (χ1n) is 8.60. The Hall–Kier alpha value is 0.000000000000000333. The number of hydrogen-bond acceptors (Lipinski definition) is 4. The minimum atomic E-state index is -2.12. The lowest BCUT2D eigenvalue weighted by Gasteiger charge is -2.23. The van der Waals surface area contributed by atoms with Crippen LogP contribution in [0.15, 0.2) is 18.2 Å². The minimum absolute atomic E-state index is 0.136. The van der Waals surface area contributed by atoms with E-state index in [9.17, 15) is 9.59 Å². The normalized spacial score (nSPS) is 13.2. The van der Waals surface area contributed by atoms with Crippen LogP contribution in [-0.4, -0.2) is 60.3 Å². The van der Waals surface area contributed by atoms with Crippen molar-refractivity contribution in [2.45, 2.75) is 33.9 Å². The number of benzene rings is 1. The zero-order valence-electron chi connectivity index (χ0n) is 16.5. The van der Waals surface area contributed by atoms with Gasteiger partial charge in [0.05, 0.1) is 10.0 Å². The maximum absolute atomic E-state index is 11.7. The first-order valence-corrected chi connectivity index (χ1v) is 11.6. The fourth-order valence-electron chi connectivity index (χ4n) is 1.74. The molecule has 0 fully saturated rings. The van der Waals surface area contributed by atoms with E-state index in [1.165, 1.54) is 0 Å². The van der Waals surface area contributed by atoms with E-state index in [0.717, 1.165) is 0 Å². The highest BCUT2D eigenvalue weighted by atomic mass is 35.6. The van der Waals surface area contributed by atoms with E-state index in [2.05, 4.69) is 5.32 Å². The van der Waals surface area contributed by atoms with Crippen LogP contribution in [0.25, 0.3) is 0 Å². The molecule has 1 aromatic carbocycles. The second-order valence-corrected chi connectivity index (χ2v) is 11.3. The summed E-state index contributed by atoms with van der Waals surface area (Å²) in [4.78, 5) is 24.5. The van der Waals surface area contributed by atoms with E-state index in [1.807, 2.05) is 13.8 Å². The Morgan fingerprint density at radius 1 is 0.906 bits per heavy atom. The van der Waals surface area contributed by atoms with Crippen LogP contribution in [0.3, 0.4) is 0 Å². The number of carbonyl (C=O) groups is 2. The molecule has 1 rings (SSSR count). The van der Waals surface area contributed by atoms with Crippen molar-refractivity contribution < 1.29 is 19.8 Å². The highest BCUT2D eigenvalue weighted by Gasteiger charge is 2.35. The number of halogens is 8. The Kier molecular flexibility index (Phi) is 14.4. The number of rotatable bonds is 5. The summed E-state index contributed by atoms with van der Waals surface area (Å²) >= 11 is 43.1. The summed E-state index contributed by atoms with van der Waals surface area (Å²) in [6, 6.07) is 3.78. The molecule has 0 saturated carbocycles. The molecule has 8 nitrogen and oxygen atoms in total. The van der Waals surface area contributed by atoms with Gasteiger partial charge in [0.25, 0.3) is 0 Å². The van der Waals surface area contributed by atoms with Gasteiger partial charge >= 0.3 is 12.1 Å². The van der Waals surface area contributed by atoms with Crippen molar-refractivity contribution in [2.75, 3.05) is 18.4 Å². The van der Waals surface area contributed by atoms with E-state index < -0.39 is 26.1 Å². The molecule has 184 valence electrons. The molecule has 0 aliphatic rings. The number of nitrogens with zero attached hydrogens (tertiary/aromatic N) is 1. The topological polar surface area (TPSA) is 114 Å². The molecule has 5 N–H and O–H groups in total. The van der Waals surface area contributed by atoms with Crippen molar-refractivity contribution in [3.05, 3.63) is 28.2 Å². The fourth-order valence-corrected chi connectivity index (χ4v) is 2.37. The number of amides is 4. The zero-order chi connectivity index (χ0) is 25.3. The van der Waals surface area contributed by atoms with Gasteiger partial charge in [-0.15, -0.1) is 0 Å². The summed E-state index contributed by atoms with van der Waals surface area (Å²) < 4.78 is -4.25. The third-order valence-electron chi connectivity index (χ3n) is 3.38. The van der Waals surface area contributed by atoms with Crippen LogP contribution >= 0.6 is 92.8 Å². The maximum Gasteiger partial charge on any atom is 0.321 e. The molecule has 4 amide bonds. The summed E-state index contributed by atoms with van der Waals surface area (Å²) in [5.41, 5.74) is 0.645. The van der Waals surface area contributed by atoms with Gasteiger partial charge in [-0.25, -0.2) is 9.59 Å². The summed E-state index contributed by atoms with van der Waals surface area (Å²) in [7, 11) is 0. The van der Waals surface area contributed by atoms with Crippen LogP contribution in [0.4, 0.5) is 15.3 Å². The lowest BCUT2D eigenvalue weighted by Crippen LogP contribution is -2.53. The highest BCUT2D eigenvalue weighted by molar-refractivity contribution is 6.68. The molecule has 1 aromatic rings. The third kappa shape index (κ3) is 12.5. The smallest absolute Gasteiger partial charge is 0.321 e. The van der Waals surface area contributed by atoms with E-state index in [0.29, 0.717) is 28.8 Å². The molecule has 2 unspecified atom stereocenters. The summed E-state index contributed by atoms with van der Waals surface area (Å²) in [6.07, 6.45) is -3.58. The molecule has 0 radical (unpaired) electrons. The van der Waals surface area contributed by atoms with Gasteiger partial charge in [0.1, 0.15) is 0 Å². The molecule has 0 aliphatic heterocycles. The first-order chi connectivity index (χ1) is 14.5. The Balaban J connectivity index is 0.000000601. The summed E-state index contributed by atoms with van der Waals surface area (Å²) in [5, 5.41) is 25.5. The molecule has 32 heavy (non-hydrogen) atoms. The average Bonchev–Trinajstić information content (AvgIpc) is 2.64. The largest absolute Gasteiger partial charge is 0.369 e. The first kappa shape index (κ1) is 32.0. The third-order valence-corrected chi connectivity index (χ3v) is 5.36. The predicted molar refractivity (Wildman–Crippen MR) is 133 cm³/mol. The van der Waals surface area contributed by atoms with Gasteiger partial charge in [-0.2, -0.15) is 0 Å². The molecule has 0 bridgehead atoms. The Labute approximate surface area is 225 Å². The van der Waals surface area contributed by atoms with Crippen LogP contribution in [0.2, 0.25) is 10.0 Å². The molecule has 2 atom stereocenters. The van der Waals surface area contributed by atoms with Crippen molar-refractivity contribution in [1.82, 2.24) is 15.5 Å². The average molecular weight is 616 g/mol. The van der Waals surface area contributed by atoms with Gasteiger partial charge in [0, 0.05) is 18.8 Å². The number of hydrogen-bond donors (Lipinski definition) is 5. The van der Waals surface area contributed by atoms with Gasteiger partial charge in [-0.05, 0) is 32.0 Å². The molecular weight excluding hydrogens is 596 g/mol. The molecule has 0 aromatic heterocycles. The Bertz CT molecular complexity index is 733. The standard InChI is InChI=1S/C11H14Cl2N2O.C5H6Cl6N2O3/c1-3-15(4-2)11(16)14-8-5-6-9(12)10(13)7-8;6-4(7,8)1(14)12-3(16)13-2(15)5(9,10)11/h5-7H,3-4H2,1-2H3,(H,14,16);1-2,14-15H,(H2,12,13,16). The minimum Gasteiger partial charge on any atom is -0.369 e. The van der Waals surface area contributed by atoms with E-state index in [4.69, 9.17) is 103 Å². The van der Waals surface area contributed by atoms with Crippen LogP contribution in [0.1, 0.15) is 13.8 Å². The van der Waals surface area contributed by atoms with E-state index >= 15 is 0 Å². The van der Waals surface area contributed by atoms with Crippen LogP contribution in [0.5, 0.6) is 0 Å². The fraction of sp³-hybridized carbons (Fsp3) is 0.500. The van der Waals surface area contributed by atoms with Crippen LogP contribution in [-0.2, 0) is 0 Å². The lowest BCUT2D eigenvalue weighted by atomic mass is 10.3. The Morgan fingerprint density at radius 3 is 1.69 bits per heavy atom. The Morgan fingerprint density at radius 2 is 1.34 bits per heavy atom. The van der Waals surface area contributed by atoms with Crippen molar-refractivity contribution >= 4 is 111 Å². The van der Waals surface area contributed by atoms with Gasteiger partial charge in [-0.1, -0.05) is 92.8 Å². The second-order valence-electron chi connectivity index (χ2n) is 5.74. The van der Waals surface area contributed by atoms with Gasteiger partial charge in [0.2, 0.25) is 7.59 Å². The highest BCUT2D eigenvalue weighted by Crippen LogP contribution is 2.30. The van der Waals surface area contributed by atoms with Crippen molar-refractivity contribution in [2.24, 2.45) is 0 Å². The molecule has 16 heteroatoms. The monoisotopic (exact) mass is 612 g/mol. The quantitative estimate of drug-likeness (QED) is 0.221. The molecule has 0 heterocycles. The number of alkyl halides is 6. The lowest BCUT2D eigenvalue weighted by molar-refractivity contribution is 0.120. The molecule has 0 saturated heterocycles. The van der Waals surface area contributed by atoms with E-state index in [-0.39, 0.29) is 6.03 Å². The van der Waals surface area contributed by atoms with Gasteiger partial charge in [0.15, 0.2) is 12.5 Å². The van der Waals surface area contributed by atoms with E-state index in [1.54, 1.807) is 33.7 Å². The SMILES string of the molecule is CCN(CC)C(=O)Nc1ccc(Cl)c(Cl)c1.O=C(NC(O)C(Cl)(Cl)Cl)NC(O)C(Cl)(Cl)Cl. The predicted octanol–water partition coefficient (Wildman–Crippen LogP) is 5.53. The van der Waals surface area contributed by atoms with Gasteiger partial charge in [-0.3, -0.25) is 0 Å². The number of anilines is 1.